The van der Waals surface area contributed by atoms with Gasteiger partial charge in [-0.2, -0.15) is 4.31 Å². The second-order valence-electron chi connectivity index (χ2n) is 8.79. The van der Waals surface area contributed by atoms with Crippen LogP contribution in [-0.4, -0.2) is 56.8 Å². The molecule has 0 aliphatic carbocycles. The summed E-state index contributed by atoms with van der Waals surface area (Å²) >= 11 is 0. The van der Waals surface area contributed by atoms with Crippen LogP contribution >= 0.6 is 0 Å². The van der Waals surface area contributed by atoms with Crippen molar-refractivity contribution >= 4 is 15.9 Å². The zero-order chi connectivity index (χ0) is 24.8. The van der Waals surface area contributed by atoms with Crippen molar-refractivity contribution in [3.63, 3.8) is 0 Å². The first-order chi connectivity index (χ1) is 16.9. The number of carbonyl (C=O) groups excluding carboxylic acids is 1. The average Bonchev–Trinajstić information content (AvgIpc) is 3.31. The molecule has 1 atom stereocenters. The highest BCUT2D eigenvalue weighted by Crippen LogP contribution is 2.28. The molecule has 184 valence electrons. The van der Waals surface area contributed by atoms with E-state index in [4.69, 9.17) is 4.74 Å². The predicted octanol–water partition coefficient (Wildman–Crippen LogP) is 3.52. The van der Waals surface area contributed by atoms with E-state index in [9.17, 15) is 13.2 Å². The minimum absolute atomic E-state index is 0.00845. The van der Waals surface area contributed by atoms with Gasteiger partial charge < -0.3 is 10.1 Å². The van der Waals surface area contributed by atoms with Crippen LogP contribution in [0, 0.1) is 0 Å². The Bertz CT molecular complexity index is 1250. The van der Waals surface area contributed by atoms with Gasteiger partial charge in [0.25, 0.3) is 5.91 Å². The maximum Gasteiger partial charge on any atom is 0.251 e. The van der Waals surface area contributed by atoms with E-state index in [1.807, 2.05) is 48.5 Å². The number of carbonyl (C=O) groups is 1. The summed E-state index contributed by atoms with van der Waals surface area (Å²) in [6.45, 7) is 2.70. The molecule has 0 bridgehead atoms. The molecule has 4 rings (SSSR count). The molecular formula is C27H31N3O4S. The molecular weight excluding hydrogens is 462 g/mol. The molecule has 0 saturated carbocycles. The van der Waals surface area contributed by atoms with Crippen molar-refractivity contribution in [1.29, 1.82) is 0 Å². The summed E-state index contributed by atoms with van der Waals surface area (Å²) in [4.78, 5) is 15.3. The topological polar surface area (TPSA) is 79.0 Å². The zero-order valence-corrected chi connectivity index (χ0v) is 20.9. The summed E-state index contributed by atoms with van der Waals surface area (Å²) in [7, 11) is -0.943. The lowest BCUT2D eigenvalue weighted by Gasteiger charge is -2.20. The Morgan fingerprint density at radius 1 is 1.03 bits per heavy atom. The Morgan fingerprint density at radius 3 is 2.34 bits per heavy atom. The molecule has 1 heterocycles. The number of nitrogens with zero attached hydrogens (tertiary/aromatic N) is 2. The molecule has 1 saturated heterocycles. The quantitative estimate of drug-likeness (QED) is 0.494. The molecule has 1 fully saturated rings. The number of likely N-dealkylation sites (tertiary alicyclic amines) is 1. The number of benzene rings is 3. The van der Waals surface area contributed by atoms with E-state index in [0.29, 0.717) is 5.56 Å². The Kier molecular flexibility index (Phi) is 7.85. The number of hydrogen-bond acceptors (Lipinski definition) is 5. The van der Waals surface area contributed by atoms with Gasteiger partial charge in [-0.05, 0) is 35.7 Å². The number of methoxy groups -OCH3 is 1. The highest BCUT2D eigenvalue weighted by Gasteiger charge is 2.28. The van der Waals surface area contributed by atoms with Crippen molar-refractivity contribution in [2.24, 2.45) is 0 Å². The molecule has 35 heavy (non-hydrogen) atoms. The highest BCUT2D eigenvalue weighted by atomic mass is 32.2. The molecule has 0 radical (unpaired) electrons. The predicted molar refractivity (Wildman–Crippen MR) is 136 cm³/mol. The minimum Gasteiger partial charge on any atom is -0.495 e. The standard InChI is InChI=1S/C27H31N3O4S/c1-29(18-21-9-5-3-6-10-21)35(32,33)26-17-23(13-14-25(26)34-2)27(31)28-24-15-16-30(20-24)19-22-11-7-4-8-12-22/h3-14,17,24H,15-16,18-20H2,1-2H3,(H,28,31). The van der Waals surface area contributed by atoms with E-state index in [1.54, 1.807) is 6.07 Å². The molecule has 3 aromatic rings. The van der Waals surface area contributed by atoms with Crippen LogP contribution in [0.4, 0.5) is 0 Å². The lowest BCUT2D eigenvalue weighted by atomic mass is 10.1. The molecule has 0 spiro atoms. The number of sulfonamides is 1. The number of hydrogen-bond donors (Lipinski definition) is 1. The van der Waals surface area contributed by atoms with Crippen LogP contribution in [0.2, 0.25) is 0 Å². The van der Waals surface area contributed by atoms with Crippen molar-refractivity contribution < 1.29 is 17.9 Å². The fraction of sp³-hybridized carbons (Fsp3) is 0.296. The maximum atomic E-state index is 13.4. The normalized spacial score (nSPS) is 16.4. The average molecular weight is 494 g/mol. The van der Waals surface area contributed by atoms with Gasteiger partial charge in [-0.25, -0.2) is 8.42 Å². The van der Waals surface area contributed by atoms with E-state index >= 15 is 0 Å². The van der Waals surface area contributed by atoms with Crippen LogP contribution in [0.3, 0.4) is 0 Å². The Labute approximate surface area is 207 Å². The number of amides is 1. The molecule has 1 amide bonds. The van der Waals surface area contributed by atoms with Gasteiger partial charge in [0.1, 0.15) is 10.6 Å². The third kappa shape index (κ3) is 6.08. The molecule has 3 aromatic carbocycles. The first-order valence-corrected chi connectivity index (χ1v) is 13.1. The first-order valence-electron chi connectivity index (χ1n) is 11.6. The smallest absolute Gasteiger partial charge is 0.251 e. The number of rotatable bonds is 9. The van der Waals surface area contributed by atoms with Crippen LogP contribution in [0.25, 0.3) is 0 Å². The molecule has 7 nitrogen and oxygen atoms in total. The van der Waals surface area contributed by atoms with Crippen LogP contribution in [0.1, 0.15) is 27.9 Å². The van der Waals surface area contributed by atoms with Crippen molar-refractivity contribution in [3.05, 3.63) is 95.6 Å². The highest BCUT2D eigenvalue weighted by molar-refractivity contribution is 7.89. The summed E-state index contributed by atoms with van der Waals surface area (Å²) in [6.07, 6.45) is 0.847. The summed E-state index contributed by atoms with van der Waals surface area (Å²) in [5.41, 5.74) is 2.40. The van der Waals surface area contributed by atoms with Gasteiger partial charge in [-0.3, -0.25) is 9.69 Å². The third-order valence-corrected chi connectivity index (χ3v) is 8.04. The van der Waals surface area contributed by atoms with E-state index in [-0.39, 0.29) is 29.1 Å². The van der Waals surface area contributed by atoms with E-state index in [2.05, 4.69) is 22.3 Å². The fourth-order valence-electron chi connectivity index (χ4n) is 4.32. The van der Waals surface area contributed by atoms with Gasteiger partial charge in [0.15, 0.2) is 0 Å². The second kappa shape index (κ2) is 11.0. The SMILES string of the molecule is COc1ccc(C(=O)NC2CCN(Cc3ccccc3)C2)cc1S(=O)(=O)N(C)Cc1ccccc1. The lowest BCUT2D eigenvalue weighted by Crippen LogP contribution is -2.37. The van der Waals surface area contributed by atoms with Crippen LogP contribution in [0.5, 0.6) is 5.75 Å². The van der Waals surface area contributed by atoms with E-state index in [1.165, 1.54) is 36.2 Å². The van der Waals surface area contributed by atoms with E-state index < -0.39 is 10.0 Å². The largest absolute Gasteiger partial charge is 0.495 e. The van der Waals surface area contributed by atoms with Crippen molar-refractivity contribution in [2.75, 3.05) is 27.2 Å². The van der Waals surface area contributed by atoms with Gasteiger partial charge in [-0.1, -0.05) is 60.7 Å². The Morgan fingerprint density at radius 2 is 1.69 bits per heavy atom. The molecule has 1 N–H and O–H groups in total. The van der Waals surface area contributed by atoms with Crippen molar-refractivity contribution in [3.8, 4) is 5.75 Å². The number of ether oxygens (including phenoxy) is 1. The second-order valence-corrected chi connectivity index (χ2v) is 10.8. The van der Waals surface area contributed by atoms with Crippen LogP contribution in [0.15, 0.2) is 83.8 Å². The minimum atomic E-state index is -3.89. The molecule has 1 unspecified atom stereocenters. The maximum absolute atomic E-state index is 13.4. The van der Waals surface area contributed by atoms with Crippen molar-refractivity contribution in [2.45, 2.75) is 30.4 Å². The van der Waals surface area contributed by atoms with Gasteiger partial charge in [0, 0.05) is 44.8 Å². The summed E-state index contributed by atoms with van der Waals surface area (Å²) < 4.78 is 33.3. The third-order valence-electron chi connectivity index (χ3n) is 6.22. The van der Waals surface area contributed by atoms with Gasteiger partial charge in [0.2, 0.25) is 10.0 Å². The molecule has 0 aromatic heterocycles. The Hall–Kier alpha value is -3.20. The number of nitrogens with one attached hydrogen (secondary N) is 1. The molecule has 1 aliphatic rings. The monoisotopic (exact) mass is 493 g/mol. The fourth-order valence-corrected chi connectivity index (χ4v) is 5.65. The van der Waals surface area contributed by atoms with Crippen LogP contribution in [-0.2, 0) is 23.1 Å². The van der Waals surface area contributed by atoms with Gasteiger partial charge >= 0.3 is 0 Å². The molecule has 8 heteroatoms. The lowest BCUT2D eigenvalue weighted by molar-refractivity contribution is 0.0937. The summed E-state index contributed by atoms with van der Waals surface area (Å²) in [5, 5.41) is 3.07. The zero-order valence-electron chi connectivity index (χ0n) is 20.1. The van der Waals surface area contributed by atoms with Gasteiger partial charge in [-0.15, -0.1) is 0 Å². The molecule has 1 aliphatic heterocycles. The van der Waals surface area contributed by atoms with E-state index in [0.717, 1.165) is 31.6 Å². The van der Waals surface area contributed by atoms with Crippen LogP contribution < -0.4 is 10.1 Å². The summed E-state index contributed by atoms with van der Waals surface area (Å²) in [6, 6.07) is 24.1. The van der Waals surface area contributed by atoms with Gasteiger partial charge in [0.05, 0.1) is 7.11 Å². The first kappa shape index (κ1) is 24.9. The van der Waals surface area contributed by atoms with Crippen molar-refractivity contribution in [1.82, 2.24) is 14.5 Å². The Balaban J connectivity index is 1.45. The summed E-state index contributed by atoms with van der Waals surface area (Å²) in [5.74, 6) is -0.0854.